The van der Waals surface area contributed by atoms with E-state index in [2.05, 4.69) is 44.8 Å². The average molecular weight is 402 g/mol. The zero-order valence-electron chi connectivity index (χ0n) is 17.0. The largest absolute Gasteiger partial charge is 0.352 e. The van der Waals surface area contributed by atoms with Crippen molar-refractivity contribution in [1.82, 2.24) is 25.2 Å². The quantitative estimate of drug-likeness (QED) is 0.690. The van der Waals surface area contributed by atoms with E-state index in [1.165, 1.54) is 0 Å². The van der Waals surface area contributed by atoms with Gasteiger partial charge in [-0.3, -0.25) is 14.4 Å². The molecule has 1 amide bonds. The van der Waals surface area contributed by atoms with Gasteiger partial charge in [0.05, 0.1) is 18.7 Å². The van der Waals surface area contributed by atoms with E-state index in [4.69, 9.17) is 0 Å². The average Bonchev–Trinajstić information content (AvgIpc) is 3.28. The molecule has 0 saturated carbocycles. The molecule has 2 aromatic carbocycles. The highest BCUT2D eigenvalue weighted by molar-refractivity contribution is 5.79. The van der Waals surface area contributed by atoms with Crippen LogP contribution < -0.4 is 5.32 Å². The van der Waals surface area contributed by atoms with Gasteiger partial charge in [-0.2, -0.15) is 0 Å². The number of amides is 1. The second-order valence-corrected chi connectivity index (χ2v) is 8.43. The van der Waals surface area contributed by atoms with Crippen LogP contribution in [-0.4, -0.2) is 44.9 Å². The molecule has 0 radical (unpaired) electrons. The summed E-state index contributed by atoms with van der Waals surface area (Å²) in [6.45, 7) is 3.34. The third-order valence-corrected chi connectivity index (χ3v) is 6.53. The highest BCUT2D eigenvalue weighted by atomic mass is 16.1. The molecule has 4 heterocycles. The first-order valence-electron chi connectivity index (χ1n) is 10.8. The van der Waals surface area contributed by atoms with E-state index in [9.17, 15) is 4.79 Å². The molecule has 3 aliphatic heterocycles. The molecule has 154 valence electrons. The van der Waals surface area contributed by atoms with Gasteiger partial charge in [-0.25, -0.2) is 0 Å². The van der Waals surface area contributed by atoms with Crippen LogP contribution >= 0.6 is 0 Å². The second-order valence-electron chi connectivity index (χ2n) is 8.43. The minimum atomic E-state index is 0.0920. The zero-order valence-corrected chi connectivity index (χ0v) is 17.0. The lowest BCUT2D eigenvalue weighted by Gasteiger charge is -2.49. The minimum Gasteiger partial charge on any atom is -0.352 e. The number of fused-ring (bicyclic) bond motifs is 3. The van der Waals surface area contributed by atoms with E-state index in [1.54, 1.807) is 0 Å². The van der Waals surface area contributed by atoms with Crippen molar-refractivity contribution < 1.29 is 4.79 Å². The summed E-state index contributed by atoms with van der Waals surface area (Å²) in [6, 6.07) is 20.7. The van der Waals surface area contributed by atoms with Gasteiger partial charge in [0, 0.05) is 24.7 Å². The fourth-order valence-electron chi connectivity index (χ4n) is 4.89. The molecule has 0 aliphatic carbocycles. The number of nitrogens with zero attached hydrogens (tertiary/aromatic N) is 4. The van der Waals surface area contributed by atoms with E-state index in [1.807, 2.05) is 47.3 Å². The van der Waals surface area contributed by atoms with Crippen molar-refractivity contribution in [1.29, 1.82) is 0 Å². The van der Waals surface area contributed by atoms with Crippen LogP contribution in [0.4, 0.5) is 0 Å². The number of carbonyl (C=O) groups is 1. The van der Waals surface area contributed by atoms with Crippen molar-refractivity contribution >= 4 is 5.91 Å². The fourth-order valence-corrected chi connectivity index (χ4v) is 4.89. The van der Waals surface area contributed by atoms with Crippen molar-refractivity contribution in [2.75, 3.05) is 13.1 Å². The van der Waals surface area contributed by atoms with Crippen LogP contribution in [0.1, 0.15) is 18.4 Å². The van der Waals surface area contributed by atoms with Crippen LogP contribution in [0, 0.1) is 11.8 Å². The zero-order chi connectivity index (χ0) is 20.3. The Labute approximate surface area is 176 Å². The molecule has 1 aromatic heterocycles. The number of carbonyl (C=O) groups excluding carboxylic acids is 1. The summed E-state index contributed by atoms with van der Waals surface area (Å²) in [7, 11) is 0. The van der Waals surface area contributed by atoms with Gasteiger partial charge < -0.3 is 5.32 Å². The first-order chi connectivity index (χ1) is 14.8. The Morgan fingerprint density at radius 1 is 1.07 bits per heavy atom. The van der Waals surface area contributed by atoms with Crippen LogP contribution in [0.25, 0.3) is 11.3 Å². The maximum atomic E-state index is 12.8. The third-order valence-electron chi connectivity index (χ3n) is 6.53. The summed E-state index contributed by atoms with van der Waals surface area (Å²) >= 11 is 0. The number of hydrogen-bond donors (Lipinski definition) is 1. The Morgan fingerprint density at radius 3 is 2.57 bits per heavy atom. The first-order valence-corrected chi connectivity index (χ1v) is 10.8. The van der Waals surface area contributed by atoms with Crippen molar-refractivity contribution in [3.8, 4) is 11.3 Å². The van der Waals surface area contributed by atoms with Gasteiger partial charge in [0.25, 0.3) is 0 Å². The maximum absolute atomic E-state index is 12.8. The van der Waals surface area contributed by atoms with Crippen LogP contribution in [0.5, 0.6) is 0 Å². The molecule has 1 N–H and O–H groups in total. The molecule has 3 fully saturated rings. The van der Waals surface area contributed by atoms with Gasteiger partial charge in [0.2, 0.25) is 5.91 Å². The van der Waals surface area contributed by atoms with Crippen LogP contribution in [0.15, 0.2) is 66.9 Å². The highest BCUT2D eigenvalue weighted by Crippen LogP contribution is 2.37. The predicted octanol–water partition coefficient (Wildman–Crippen LogP) is 2.97. The number of nitrogens with one attached hydrogen (secondary N) is 1. The smallest absolute Gasteiger partial charge is 0.224 e. The Hall–Kier alpha value is -2.99. The van der Waals surface area contributed by atoms with Gasteiger partial charge >= 0.3 is 0 Å². The minimum absolute atomic E-state index is 0.0920. The van der Waals surface area contributed by atoms with E-state index < -0.39 is 0 Å². The van der Waals surface area contributed by atoms with E-state index in [-0.39, 0.29) is 11.8 Å². The summed E-state index contributed by atoms with van der Waals surface area (Å²) in [5, 5.41) is 11.8. The van der Waals surface area contributed by atoms with Crippen LogP contribution in [0.3, 0.4) is 0 Å². The molecule has 3 aromatic rings. The van der Waals surface area contributed by atoms with Crippen LogP contribution in [-0.2, 0) is 17.9 Å². The molecule has 6 heteroatoms. The number of piperidine rings is 3. The molecule has 6 nitrogen and oxygen atoms in total. The lowest BCUT2D eigenvalue weighted by Crippen LogP contribution is -2.57. The Balaban J connectivity index is 1.19. The summed E-state index contributed by atoms with van der Waals surface area (Å²) in [5.41, 5.74) is 3.14. The molecule has 2 bridgehead atoms. The lowest BCUT2D eigenvalue weighted by molar-refractivity contribution is -0.133. The normalized spacial score (nSPS) is 25.2. The van der Waals surface area contributed by atoms with Gasteiger partial charge in [-0.05, 0) is 30.9 Å². The Bertz CT molecular complexity index is 987. The molecule has 6 rings (SSSR count). The molecule has 3 aliphatic rings. The van der Waals surface area contributed by atoms with Gasteiger partial charge in [0.15, 0.2) is 0 Å². The topological polar surface area (TPSA) is 63.1 Å². The molecule has 2 unspecified atom stereocenters. The summed E-state index contributed by atoms with van der Waals surface area (Å²) in [4.78, 5) is 15.3. The van der Waals surface area contributed by atoms with E-state index in [0.717, 1.165) is 49.3 Å². The van der Waals surface area contributed by atoms with Gasteiger partial charge in [-0.15, -0.1) is 5.10 Å². The summed E-state index contributed by atoms with van der Waals surface area (Å²) in [6.07, 6.45) is 4.18. The number of hydrogen-bond acceptors (Lipinski definition) is 4. The SMILES string of the molecule is O=C(NCc1ccccc1)[C@H]1CN2CCC1C[C@@H]2Cn1cc(-c2ccccc2)nn1. The van der Waals surface area contributed by atoms with Gasteiger partial charge in [-0.1, -0.05) is 65.9 Å². The van der Waals surface area contributed by atoms with Gasteiger partial charge in [0.1, 0.15) is 5.69 Å². The number of rotatable bonds is 6. The summed E-state index contributed by atoms with van der Waals surface area (Å²) in [5.74, 6) is 0.737. The molecule has 30 heavy (non-hydrogen) atoms. The van der Waals surface area contributed by atoms with Crippen LogP contribution in [0.2, 0.25) is 0 Å². The number of benzene rings is 2. The Morgan fingerprint density at radius 2 is 1.83 bits per heavy atom. The molecule has 4 atom stereocenters. The molecule has 3 saturated heterocycles. The van der Waals surface area contributed by atoms with Crippen molar-refractivity contribution in [3.63, 3.8) is 0 Å². The first kappa shape index (κ1) is 19.0. The third kappa shape index (κ3) is 4.00. The fraction of sp³-hybridized carbons (Fsp3) is 0.375. The maximum Gasteiger partial charge on any atom is 0.224 e. The van der Waals surface area contributed by atoms with Crippen molar-refractivity contribution in [2.24, 2.45) is 11.8 Å². The van der Waals surface area contributed by atoms with E-state index >= 15 is 0 Å². The monoisotopic (exact) mass is 401 g/mol. The number of aromatic nitrogens is 3. The lowest BCUT2D eigenvalue weighted by atomic mass is 9.75. The van der Waals surface area contributed by atoms with E-state index in [0.29, 0.717) is 18.5 Å². The van der Waals surface area contributed by atoms with Crippen molar-refractivity contribution in [2.45, 2.75) is 32.0 Å². The highest BCUT2D eigenvalue weighted by Gasteiger charge is 2.43. The summed E-state index contributed by atoms with van der Waals surface area (Å²) < 4.78 is 1.96. The molecule has 0 spiro atoms. The molecular weight excluding hydrogens is 374 g/mol. The predicted molar refractivity (Wildman–Crippen MR) is 115 cm³/mol. The second kappa shape index (κ2) is 8.40. The molecular formula is C24H27N5O. The Kier molecular flexibility index (Phi) is 5.32. The standard InChI is InChI=1S/C24H27N5O/c30-24(25-14-18-7-3-1-4-8-18)22-16-28-12-11-20(22)13-21(28)15-29-17-23(26-27-29)19-9-5-2-6-10-19/h1-10,17,20-22H,11-16H2,(H,25,30)/t20?,21-,22+/m1/s1. The van der Waals surface area contributed by atoms with Crippen molar-refractivity contribution in [3.05, 3.63) is 72.4 Å².